The van der Waals surface area contributed by atoms with Gasteiger partial charge in [0.25, 0.3) is 0 Å². The van der Waals surface area contributed by atoms with E-state index in [1.165, 1.54) is 0 Å². The van der Waals surface area contributed by atoms with E-state index in [1.54, 1.807) is 7.11 Å². The molecule has 0 amide bonds. The van der Waals surface area contributed by atoms with Crippen molar-refractivity contribution in [3.8, 4) is 5.75 Å². The van der Waals surface area contributed by atoms with E-state index in [-0.39, 0.29) is 0 Å². The van der Waals surface area contributed by atoms with Crippen molar-refractivity contribution in [2.24, 2.45) is 5.84 Å². The standard InChI is InChI=1S/C12H15N3O/c1-7-8(2)14-12-9(11(7)15-13)5-4-6-10(12)16-3/h4-6H,13H2,1-3H3,(H,14,15). The van der Waals surface area contributed by atoms with Gasteiger partial charge in [-0.2, -0.15) is 0 Å². The molecule has 0 saturated carbocycles. The number of anilines is 1. The van der Waals surface area contributed by atoms with Crippen LogP contribution in [-0.4, -0.2) is 12.1 Å². The fourth-order valence-electron chi connectivity index (χ4n) is 1.82. The lowest BCUT2D eigenvalue weighted by atomic mass is 10.1. The van der Waals surface area contributed by atoms with Gasteiger partial charge in [-0.3, -0.25) is 5.84 Å². The molecule has 1 aromatic heterocycles. The van der Waals surface area contributed by atoms with Gasteiger partial charge >= 0.3 is 0 Å². The number of hydrazine groups is 1. The van der Waals surface area contributed by atoms with Gasteiger partial charge in [0.1, 0.15) is 11.3 Å². The number of hydrogen-bond donors (Lipinski definition) is 2. The third kappa shape index (κ3) is 1.47. The zero-order chi connectivity index (χ0) is 11.7. The number of nitrogens with two attached hydrogens (primary N) is 1. The number of para-hydroxylation sites is 1. The van der Waals surface area contributed by atoms with Crippen molar-refractivity contribution in [3.05, 3.63) is 29.5 Å². The third-order valence-corrected chi connectivity index (χ3v) is 2.83. The highest BCUT2D eigenvalue weighted by Gasteiger charge is 2.11. The Morgan fingerprint density at radius 1 is 1.31 bits per heavy atom. The summed E-state index contributed by atoms with van der Waals surface area (Å²) < 4.78 is 5.29. The number of nitrogens with one attached hydrogen (secondary N) is 1. The van der Waals surface area contributed by atoms with E-state index >= 15 is 0 Å². The van der Waals surface area contributed by atoms with Crippen molar-refractivity contribution < 1.29 is 4.74 Å². The van der Waals surface area contributed by atoms with E-state index in [4.69, 9.17) is 10.6 Å². The number of fused-ring (bicyclic) bond motifs is 1. The summed E-state index contributed by atoms with van der Waals surface area (Å²) in [5, 5.41) is 0.977. The Balaban J connectivity index is 2.89. The highest BCUT2D eigenvalue weighted by Crippen LogP contribution is 2.32. The van der Waals surface area contributed by atoms with Crippen molar-refractivity contribution in [1.82, 2.24) is 4.98 Å². The lowest BCUT2D eigenvalue weighted by Gasteiger charge is -2.13. The lowest BCUT2D eigenvalue weighted by Crippen LogP contribution is -2.10. The van der Waals surface area contributed by atoms with Gasteiger partial charge in [-0.15, -0.1) is 0 Å². The number of pyridine rings is 1. The van der Waals surface area contributed by atoms with Gasteiger partial charge in [-0.25, -0.2) is 4.98 Å². The van der Waals surface area contributed by atoms with Crippen LogP contribution < -0.4 is 16.0 Å². The number of aromatic nitrogens is 1. The Morgan fingerprint density at radius 2 is 2.06 bits per heavy atom. The first-order valence-corrected chi connectivity index (χ1v) is 5.09. The third-order valence-electron chi connectivity index (χ3n) is 2.83. The topological polar surface area (TPSA) is 60.2 Å². The summed E-state index contributed by atoms with van der Waals surface area (Å²) in [6.07, 6.45) is 0. The molecule has 1 aromatic carbocycles. The molecule has 0 unspecified atom stereocenters. The van der Waals surface area contributed by atoms with Crippen LogP contribution in [0.4, 0.5) is 5.69 Å². The Hall–Kier alpha value is -1.81. The lowest BCUT2D eigenvalue weighted by molar-refractivity contribution is 0.419. The van der Waals surface area contributed by atoms with Crippen LogP contribution in [0.15, 0.2) is 18.2 Å². The van der Waals surface area contributed by atoms with Crippen LogP contribution in [-0.2, 0) is 0 Å². The monoisotopic (exact) mass is 217 g/mol. The molecular weight excluding hydrogens is 202 g/mol. The fraction of sp³-hybridized carbons (Fsp3) is 0.250. The van der Waals surface area contributed by atoms with Crippen molar-refractivity contribution in [2.75, 3.05) is 12.5 Å². The Bertz CT molecular complexity index is 537. The minimum Gasteiger partial charge on any atom is -0.494 e. The second-order valence-electron chi connectivity index (χ2n) is 3.70. The zero-order valence-electron chi connectivity index (χ0n) is 9.66. The van der Waals surface area contributed by atoms with Gasteiger partial charge in [-0.1, -0.05) is 12.1 Å². The van der Waals surface area contributed by atoms with Crippen molar-refractivity contribution >= 4 is 16.6 Å². The van der Waals surface area contributed by atoms with E-state index < -0.39 is 0 Å². The Kier molecular flexibility index (Phi) is 2.66. The number of hydrogen-bond acceptors (Lipinski definition) is 4. The molecule has 16 heavy (non-hydrogen) atoms. The van der Waals surface area contributed by atoms with E-state index in [2.05, 4.69) is 10.4 Å². The molecule has 2 aromatic rings. The summed E-state index contributed by atoms with van der Waals surface area (Å²) in [4.78, 5) is 4.53. The first kappa shape index (κ1) is 10.7. The summed E-state index contributed by atoms with van der Waals surface area (Å²) in [6.45, 7) is 3.96. The van der Waals surface area contributed by atoms with Crippen LogP contribution >= 0.6 is 0 Å². The fourth-order valence-corrected chi connectivity index (χ4v) is 1.82. The summed E-state index contributed by atoms with van der Waals surface area (Å²) in [7, 11) is 1.64. The van der Waals surface area contributed by atoms with Crippen LogP contribution in [0.1, 0.15) is 11.3 Å². The van der Waals surface area contributed by atoms with E-state index in [1.807, 2.05) is 32.0 Å². The Labute approximate surface area is 94.4 Å². The number of nitrogen functional groups attached to an aromatic ring is 1. The predicted molar refractivity (Wildman–Crippen MR) is 65.6 cm³/mol. The van der Waals surface area contributed by atoms with Gasteiger partial charge in [0.05, 0.1) is 12.8 Å². The maximum Gasteiger partial charge on any atom is 0.145 e. The molecular formula is C12H15N3O. The van der Waals surface area contributed by atoms with E-state index in [0.29, 0.717) is 0 Å². The molecule has 0 radical (unpaired) electrons. The van der Waals surface area contributed by atoms with Gasteiger partial charge in [0.15, 0.2) is 0 Å². The summed E-state index contributed by atoms with van der Waals surface area (Å²) in [5.41, 5.74) is 6.48. The molecule has 2 rings (SSSR count). The number of nitrogens with zero attached hydrogens (tertiary/aromatic N) is 1. The highest BCUT2D eigenvalue weighted by atomic mass is 16.5. The summed E-state index contributed by atoms with van der Waals surface area (Å²) in [6, 6.07) is 5.80. The van der Waals surface area contributed by atoms with Crippen molar-refractivity contribution in [2.45, 2.75) is 13.8 Å². The maximum absolute atomic E-state index is 5.56. The highest BCUT2D eigenvalue weighted by molar-refractivity contribution is 5.96. The quantitative estimate of drug-likeness (QED) is 0.597. The number of rotatable bonds is 2. The van der Waals surface area contributed by atoms with Crippen LogP contribution in [0.25, 0.3) is 10.9 Å². The van der Waals surface area contributed by atoms with Gasteiger partial charge in [-0.05, 0) is 25.5 Å². The van der Waals surface area contributed by atoms with Gasteiger partial charge < -0.3 is 10.2 Å². The van der Waals surface area contributed by atoms with Gasteiger partial charge in [0.2, 0.25) is 0 Å². The first-order valence-electron chi connectivity index (χ1n) is 5.09. The van der Waals surface area contributed by atoms with Gasteiger partial charge in [0, 0.05) is 11.1 Å². The minimum atomic E-state index is 0.761. The van der Waals surface area contributed by atoms with E-state index in [0.717, 1.165) is 33.6 Å². The van der Waals surface area contributed by atoms with Crippen molar-refractivity contribution in [3.63, 3.8) is 0 Å². The molecule has 0 fully saturated rings. The summed E-state index contributed by atoms with van der Waals surface area (Å²) in [5.74, 6) is 6.32. The van der Waals surface area contributed by atoms with Crippen LogP contribution in [0, 0.1) is 13.8 Å². The number of benzene rings is 1. The molecule has 1 heterocycles. The second-order valence-corrected chi connectivity index (χ2v) is 3.70. The van der Waals surface area contributed by atoms with E-state index in [9.17, 15) is 0 Å². The molecule has 0 aliphatic heterocycles. The maximum atomic E-state index is 5.56. The normalized spacial score (nSPS) is 10.5. The second kappa shape index (κ2) is 3.98. The molecule has 4 nitrogen and oxygen atoms in total. The first-order chi connectivity index (χ1) is 7.69. The zero-order valence-corrected chi connectivity index (χ0v) is 9.66. The average molecular weight is 217 g/mol. The smallest absolute Gasteiger partial charge is 0.145 e. The largest absolute Gasteiger partial charge is 0.494 e. The van der Waals surface area contributed by atoms with Crippen LogP contribution in [0.2, 0.25) is 0 Å². The number of ether oxygens (including phenoxy) is 1. The van der Waals surface area contributed by atoms with Crippen LogP contribution in [0.5, 0.6) is 5.75 Å². The molecule has 0 spiro atoms. The molecule has 0 atom stereocenters. The minimum absolute atomic E-state index is 0.761. The SMILES string of the molecule is COc1cccc2c(NN)c(C)c(C)nc12. The molecule has 0 aliphatic rings. The number of aryl methyl sites for hydroxylation is 1. The summed E-state index contributed by atoms with van der Waals surface area (Å²) >= 11 is 0. The molecule has 84 valence electrons. The molecule has 4 heteroatoms. The molecule has 0 bridgehead atoms. The molecule has 0 saturated heterocycles. The molecule has 0 aliphatic carbocycles. The van der Waals surface area contributed by atoms with Crippen LogP contribution in [0.3, 0.4) is 0 Å². The predicted octanol–water partition coefficient (Wildman–Crippen LogP) is 2.15. The average Bonchev–Trinajstić information content (AvgIpc) is 2.30. The molecule has 3 N–H and O–H groups in total. The van der Waals surface area contributed by atoms with Crippen molar-refractivity contribution in [1.29, 1.82) is 0 Å². The number of methoxy groups -OCH3 is 1. The Morgan fingerprint density at radius 3 is 2.69 bits per heavy atom.